The molecule has 0 fully saturated rings. The first-order chi connectivity index (χ1) is 11.7. The van der Waals surface area contributed by atoms with Crippen molar-refractivity contribution in [2.75, 3.05) is 7.05 Å². The van der Waals surface area contributed by atoms with E-state index >= 15 is 0 Å². The van der Waals surface area contributed by atoms with Gasteiger partial charge in [0.25, 0.3) is 5.56 Å². The highest BCUT2D eigenvalue weighted by Crippen LogP contribution is 2.20. The van der Waals surface area contributed by atoms with Crippen molar-refractivity contribution in [1.82, 2.24) is 14.9 Å². The zero-order chi connectivity index (χ0) is 17.1. The number of fused-ring (bicyclic) bond motifs is 1. The highest BCUT2D eigenvalue weighted by molar-refractivity contribution is 5.77. The lowest BCUT2D eigenvalue weighted by atomic mass is 10.1. The number of aromatic nitrogens is 2. The summed E-state index contributed by atoms with van der Waals surface area (Å²) in [5.74, 6) is 0.757. The van der Waals surface area contributed by atoms with Crippen LogP contribution in [0.1, 0.15) is 37.7 Å². The molecule has 1 unspecified atom stereocenters. The van der Waals surface area contributed by atoms with Crippen LogP contribution in [0.4, 0.5) is 0 Å². The molecule has 3 aromatic rings. The molecule has 4 heteroatoms. The van der Waals surface area contributed by atoms with Crippen LogP contribution in [-0.2, 0) is 6.42 Å². The molecule has 0 amide bonds. The molecule has 0 saturated heterocycles. The van der Waals surface area contributed by atoms with Gasteiger partial charge in [-0.05, 0) is 49.7 Å². The summed E-state index contributed by atoms with van der Waals surface area (Å²) in [6.07, 6.45) is 1.83. The largest absolute Gasteiger partial charge is 0.310 e. The van der Waals surface area contributed by atoms with E-state index < -0.39 is 0 Å². The lowest BCUT2D eigenvalue weighted by Gasteiger charge is -2.20. The molecule has 124 valence electrons. The second-order valence-corrected chi connectivity index (χ2v) is 5.90. The van der Waals surface area contributed by atoms with Crippen LogP contribution in [0.5, 0.6) is 0 Å². The molecule has 4 nitrogen and oxygen atoms in total. The Labute approximate surface area is 142 Å². The Hall–Kier alpha value is -2.46. The van der Waals surface area contributed by atoms with Crippen LogP contribution >= 0.6 is 0 Å². The van der Waals surface area contributed by atoms with Gasteiger partial charge >= 0.3 is 0 Å². The minimum atomic E-state index is -0.0199. The molecule has 1 atom stereocenters. The molecule has 0 aliphatic carbocycles. The molecule has 0 aliphatic rings. The average molecular weight is 321 g/mol. The highest BCUT2D eigenvalue weighted by Gasteiger charge is 2.18. The maximum absolute atomic E-state index is 13.1. The van der Waals surface area contributed by atoms with Gasteiger partial charge in [-0.1, -0.05) is 38.1 Å². The smallest absolute Gasteiger partial charge is 0.266 e. The second kappa shape index (κ2) is 6.97. The Balaban J connectivity index is 2.31. The third kappa shape index (κ3) is 2.85. The summed E-state index contributed by atoms with van der Waals surface area (Å²) < 4.78 is 1.74. The lowest BCUT2D eigenvalue weighted by Crippen LogP contribution is -2.29. The van der Waals surface area contributed by atoms with Crippen LogP contribution in [-0.4, -0.2) is 16.6 Å². The van der Waals surface area contributed by atoms with Crippen molar-refractivity contribution in [1.29, 1.82) is 0 Å². The second-order valence-electron chi connectivity index (χ2n) is 5.90. The quantitative estimate of drug-likeness (QED) is 0.781. The van der Waals surface area contributed by atoms with Gasteiger partial charge in [-0.2, -0.15) is 0 Å². The van der Waals surface area contributed by atoms with E-state index in [1.807, 2.05) is 43.4 Å². The molecule has 1 heterocycles. The Morgan fingerprint density at radius 3 is 2.42 bits per heavy atom. The van der Waals surface area contributed by atoms with E-state index in [0.29, 0.717) is 5.39 Å². The standard InChI is InChI=1S/C20H23N3O/c1-4-14-10-12-15(13-11-14)23-19(17(5-2)21-3)22-18-9-7-6-8-16(18)20(23)24/h6-13,17,21H,4-5H2,1-3H3. The zero-order valence-corrected chi connectivity index (χ0v) is 14.4. The Morgan fingerprint density at radius 1 is 1.08 bits per heavy atom. The summed E-state index contributed by atoms with van der Waals surface area (Å²) in [4.78, 5) is 17.9. The van der Waals surface area contributed by atoms with E-state index in [1.165, 1.54) is 5.56 Å². The Kier molecular flexibility index (Phi) is 4.76. The van der Waals surface area contributed by atoms with Crippen LogP contribution in [0.15, 0.2) is 53.3 Å². The summed E-state index contributed by atoms with van der Waals surface area (Å²) in [7, 11) is 1.90. The molecule has 0 saturated carbocycles. The molecule has 0 bridgehead atoms. The maximum atomic E-state index is 13.1. The number of benzene rings is 2. The van der Waals surface area contributed by atoms with Crippen LogP contribution < -0.4 is 10.9 Å². The molecule has 24 heavy (non-hydrogen) atoms. The molecular weight excluding hydrogens is 298 g/mol. The molecule has 2 aromatic carbocycles. The van der Waals surface area contributed by atoms with Gasteiger partial charge < -0.3 is 5.32 Å². The van der Waals surface area contributed by atoms with Crippen LogP contribution in [0, 0.1) is 0 Å². The summed E-state index contributed by atoms with van der Waals surface area (Å²) in [5.41, 5.74) is 2.84. The first kappa shape index (κ1) is 16.4. The molecule has 3 rings (SSSR count). The number of para-hydroxylation sites is 1. The van der Waals surface area contributed by atoms with Gasteiger partial charge in [0.2, 0.25) is 0 Å². The number of rotatable bonds is 5. The average Bonchev–Trinajstić information content (AvgIpc) is 2.63. The van der Waals surface area contributed by atoms with Crippen molar-refractivity contribution in [2.45, 2.75) is 32.7 Å². The van der Waals surface area contributed by atoms with Crippen molar-refractivity contribution in [3.05, 3.63) is 70.3 Å². The minimum absolute atomic E-state index is 0.0199. The SMILES string of the molecule is CCc1ccc(-n2c(C(CC)NC)nc3ccccc3c2=O)cc1. The van der Waals surface area contributed by atoms with Crippen molar-refractivity contribution < 1.29 is 0 Å². The topological polar surface area (TPSA) is 46.9 Å². The molecule has 0 spiro atoms. The Bertz CT molecular complexity index is 893. The normalized spacial score (nSPS) is 12.5. The van der Waals surface area contributed by atoms with Crippen molar-refractivity contribution in [2.24, 2.45) is 0 Å². The number of aryl methyl sites for hydroxylation is 1. The Morgan fingerprint density at radius 2 is 1.79 bits per heavy atom. The van der Waals surface area contributed by atoms with Crippen molar-refractivity contribution in [3.63, 3.8) is 0 Å². The minimum Gasteiger partial charge on any atom is -0.310 e. The summed E-state index contributed by atoms with van der Waals surface area (Å²) in [6, 6.07) is 15.7. The zero-order valence-electron chi connectivity index (χ0n) is 14.4. The summed E-state index contributed by atoms with van der Waals surface area (Å²) in [6.45, 7) is 4.21. The fourth-order valence-corrected chi connectivity index (χ4v) is 3.03. The van der Waals surface area contributed by atoms with Gasteiger partial charge in [0.1, 0.15) is 5.82 Å². The predicted octanol–water partition coefficient (Wildman–Crippen LogP) is 3.62. The number of nitrogens with zero attached hydrogens (tertiary/aromatic N) is 2. The van der Waals surface area contributed by atoms with E-state index in [0.717, 1.165) is 29.9 Å². The van der Waals surface area contributed by atoms with E-state index in [2.05, 4.69) is 31.3 Å². The molecule has 0 radical (unpaired) electrons. The molecule has 1 aromatic heterocycles. The summed E-state index contributed by atoms with van der Waals surface area (Å²) >= 11 is 0. The highest BCUT2D eigenvalue weighted by atomic mass is 16.1. The third-order valence-corrected chi connectivity index (χ3v) is 4.47. The monoisotopic (exact) mass is 321 g/mol. The van der Waals surface area contributed by atoms with E-state index in [9.17, 15) is 4.79 Å². The molecule has 1 N–H and O–H groups in total. The van der Waals surface area contributed by atoms with Gasteiger partial charge in [0.05, 0.1) is 22.6 Å². The van der Waals surface area contributed by atoms with Gasteiger partial charge in [-0.3, -0.25) is 9.36 Å². The van der Waals surface area contributed by atoms with Gasteiger partial charge in [-0.15, -0.1) is 0 Å². The van der Waals surface area contributed by atoms with Gasteiger partial charge in [0, 0.05) is 0 Å². The maximum Gasteiger partial charge on any atom is 0.266 e. The van der Waals surface area contributed by atoms with Crippen molar-refractivity contribution >= 4 is 10.9 Å². The van der Waals surface area contributed by atoms with E-state index in [4.69, 9.17) is 4.98 Å². The first-order valence-electron chi connectivity index (χ1n) is 8.47. The third-order valence-electron chi connectivity index (χ3n) is 4.47. The fraction of sp³-hybridized carbons (Fsp3) is 0.300. The molecule has 0 aliphatic heterocycles. The number of nitrogens with one attached hydrogen (secondary N) is 1. The number of hydrogen-bond acceptors (Lipinski definition) is 3. The van der Waals surface area contributed by atoms with Crippen LogP contribution in [0.2, 0.25) is 0 Å². The van der Waals surface area contributed by atoms with Gasteiger partial charge in [0.15, 0.2) is 0 Å². The summed E-state index contributed by atoms with van der Waals surface area (Å²) in [5, 5.41) is 3.92. The predicted molar refractivity (Wildman–Crippen MR) is 98.8 cm³/mol. The van der Waals surface area contributed by atoms with Crippen LogP contribution in [0.3, 0.4) is 0 Å². The van der Waals surface area contributed by atoms with E-state index in [-0.39, 0.29) is 11.6 Å². The molecular formula is C20H23N3O. The van der Waals surface area contributed by atoms with E-state index in [1.54, 1.807) is 4.57 Å². The van der Waals surface area contributed by atoms with Gasteiger partial charge in [-0.25, -0.2) is 4.98 Å². The fourth-order valence-electron chi connectivity index (χ4n) is 3.03. The van der Waals surface area contributed by atoms with Crippen LogP contribution in [0.25, 0.3) is 16.6 Å². The first-order valence-corrected chi connectivity index (χ1v) is 8.47. The lowest BCUT2D eigenvalue weighted by molar-refractivity contribution is 0.529. The number of hydrogen-bond donors (Lipinski definition) is 1. The van der Waals surface area contributed by atoms with Crippen molar-refractivity contribution in [3.8, 4) is 5.69 Å².